The number of aromatic nitrogens is 2. The zero-order chi connectivity index (χ0) is 14.0. The topological polar surface area (TPSA) is 67.3 Å². The molecular formula is C11H17BrN4O2S. The highest BCUT2D eigenvalue weighted by Crippen LogP contribution is 2.27. The van der Waals surface area contributed by atoms with Gasteiger partial charge in [0.05, 0.1) is 6.04 Å². The second-order valence-corrected chi connectivity index (χ2v) is 7.65. The van der Waals surface area contributed by atoms with Crippen molar-refractivity contribution in [1.82, 2.24) is 15.5 Å². The number of hydrogen-bond acceptors (Lipinski definition) is 6. The normalized spacial score (nSPS) is 19.6. The number of amides is 1. The van der Waals surface area contributed by atoms with Crippen molar-refractivity contribution in [2.75, 3.05) is 18.0 Å². The Kier molecular flexibility index (Phi) is 4.29. The Balaban J connectivity index is 1.84. The van der Waals surface area contributed by atoms with Crippen LogP contribution in [0.1, 0.15) is 27.2 Å². The maximum Gasteiger partial charge on any atom is 0.407 e. The number of halogens is 1. The Morgan fingerprint density at radius 2 is 2.26 bits per heavy atom. The molecule has 6 nitrogen and oxygen atoms in total. The summed E-state index contributed by atoms with van der Waals surface area (Å²) in [6.07, 6.45) is 0.522. The summed E-state index contributed by atoms with van der Waals surface area (Å²) in [6, 6.07) is 0.0949. The van der Waals surface area contributed by atoms with Crippen LogP contribution in [0.3, 0.4) is 0 Å². The summed E-state index contributed by atoms with van der Waals surface area (Å²) in [5, 5.41) is 11.8. The molecule has 1 aliphatic heterocycles. The quantitative estimate of drug-likeness (QED) is 0.888. The van der Waals surface area contributed by atoms with Gasteiger partial charge >= 0.3 is 6.09 Å². The van der Waals surface area contributed by atoms with E-state index in [9.17, 15) is 4.79 Å². The lowest BCUT2D eigenvalue weighted by Gasteiger charge is -2.21. The summed E-state index contributed by atoms with van der Waals surface area (Å²) in [5.41, 5.74) is -0.466. The smallest absolute Gasteiger partial charge is 0.407 e. The molecule has 1 aliphatic rings. The summed E-state index contributed by atoms with van der Waals surface area (Å²) in [6.45, 7) is 7.16. The van der Waals surface area contributed by atoms with Gasteiger partial charge in [0.25, 0.3) is 0 Å². The monoisotopic (exact) mass is 348 g/mol. The van der Waals surface area contributed by atoms with Crippen LogP contribution in [0.25, 0.3) is 0 Å². The Morgan fingerprint density at radius 3 is 2.84 bits per heavy atom. The zero-order valence-corrected chi connectivity index (χ0v) is 13.5. The number of alkyl carbamates (subject to hydrolysis) is 1. The van der Waals surface area contributed by atoms with E-state index >= 15 is 0 Å². The third-order valence-corrected chi connectivity index (χ3v) is 3.99. The van der Waals surface area contributed by atoms with E-state index in [0.717, 1.165) is 28.6 Å². The molecule has 1 atom stereocenters. The van der Waals surface area contributed by atoms with Crippen molar-refractivity contribution in [1.29, 1.82) is 0 Å². The van der Waals surface area contributed by atoms with Gasteiger partial charge in [-0.3, -0.25) is 0 Å². The highest BCUT2D eigenvalue weighted by molar-refractivity contribution is 9.11. The molecule has 2 rings (SSSR count). The zero-order valence-electron chi connectivity index (χ0n) is 11.1. The Hall–Kier alpha value is -0.890. The number of nitrogens with zero attached hydrogens (tertiary/aromatic N) is 3. The van der Waals surface area contributed by atoms with Crippen LogP contribution in [-0.2, 0) is 4.74 Å². The standard InChI is InChI=1S/C11H17BrN4O2S/c1-11(2,3)18-10(17)13-7-4-5-16(6-7)9-15-14-8(12)19-9/h7H,4-6H2,1-3H3,(H,13,17)/t7-/m0/s1. The largest absolute Gasteiger partial charge is 0.444 e. The van der Waals surface area contributed by atoms with Gasteiger partial charge in [-0.1, -0.05) is 11.3 Å². The van der Waals surface area contributed by atoms with Gasteiger partial charge in [0.2, 0.25) is 5.13 Å². The van der Waals surface area contributed by atoms with E-state index in [1.807, 2.05) is 20.8 Å². The van der Waals surface area contributed by atoms with E-state index < -0.39 is 5.60 Å². The molecule has 19 heavy (non-hydrogen) atoms. The third-order valence-electron chi connectivity index (χ3n) is 2.57. The molecule has 1 aromatic heterocycles. The lowest BCUT2D eigenvalue weighted by molar-refractivity contribution is 0.0509. The average Bonchev–Trinajstić information content (AvgIpc) is 2.83. The number of carbonyl (C=O) groups is 1. The number of rotatable bonds is 2. The molecule has 106 valence electrons. The predicted molar refractivity (Wildman–Crippen MR) is 77.6 cm³/mol. The van der Waals surface area contributed by atoms with Crippen molar-refractivity contribution in [3.05, 3.63) is 3.92 Å². The molecular weight excluding hydrogens is 332 g/mol. The fourth-order valence-corrected chi connectivity index (χ4v) is 2.97. The SMILES string of the molecule is CC(C)(C)OC(=O)N[C@H]1CCN(c2nnc(Br)s2)C1. The maximum absolute atomic E-state index is 11.7. The molecule has 8 heteroatoms. The number of anilines is 1. The number of carbonyl (C=O) groups excluding carboxylic acids is 1. The summed E-state index contributed by atoms with van der Waals surface area (Å²) in [7, 11) is 0. The van der Waals surface area contributed by atoms with Crippen molar-refractivity contribution >= 4 is 38.5 Å². The minimum atomic E-state index is -0.466. The summed E-state index contributed by atoms with van der Waals surface area (Å²) in [4.78, 5) is 13.8. The second kappa shape index (κ2) is 5.62. The van der Waals surface area contributed by atoms with Gasteiger partial charge in [0, 0.05) is 13.1 Å². The molecule has 0 aliphatic carbocycles. The van der Waals surface area contributed by atoms with Crippen LogP contribution < -0.4 is 10.2 Å². The van der Waals surface area contributed by atoms with Crippen LogP contribution in [0.4, 0.5) is 9.93 Å². The van der Waals surface area contributed by atoms with Crippen molar-refractivity contribution < 1.29 is 9.53 Å². The van der Waals surface area contributed by atoms with E-state index in [2.05, 4.69) is 36.3 Å². The maximum atomic E-state index is 11.7. The van der Waals surface area contributed by atoms with Crippen LogP contribution in [0.15, 0.2) is 3.92 Å². The summed E-state index contributed by atoms with van der Waals surface area (Å²) < 4.78 is 6.01. The third kappa shape index (κ3) is 4.31. The summed E-state index contributed by atoms with van der Waals surface area (Å²) in [5.74, 6) is 0. The fraction of sp³-hybridized carbons (Fsp3) is 0.727. The second-order valence-electron chi connectivity index (χ2n) is 5.42. The average molecular weight is 349 g/mol. The van der Waals surface area contributed by atoms with Crippen molar-refractivity contribution in [3.63, 3.8) is 0 Å². The first kappa shape index (κ1) is 14.5. The fourth-order valence-electron chi connectivity index (χ4n) is 1.85. The Bertz CT molecular complexity index is 460. The molecule has 1 N–H and O–H groups in total. The van der Waals surface area contributed by atoms with Crippen LogP contribution in [-0.4, -0.2) is 41.0 Å². The molecule has 1 saturated heterocycles. The molecule has 0 saturated carbocycles. The molecule has 1 aromatic rings. The number of nitrogens with one attached hydrogen (secondary N) is 1. The first-order valence-corrected chi connectivity index (χ1v) is 7.68. The molecule has 1 amide bonds. The van der Waals surface area contributed by atoms with Gasteiger partial charge in [0.1, 0.15) is 5.60 Å². The van der Waals surface area contributed by atoms with E-state index in [4.69, 9.17) is 4.74 Å². The molecule has 0 unspecified atom stereocenters. The highest BCUT2D eigenvalue weighted by atomic mass is 79.9. The first-order valence-electron chi connectivity index (χ1n) is 6.07. The van der Waals surface area contributed by atoms with Crippen molar-refractivity contribution in [2.45, 2.75) is 38.8 Å². The predicted octanol–water partition coefficient (Wildman–Crippen LogP) is 2.40. The van der Waals surface area contributed by atoms with E-state index in [1.165, 1.54) is 11.3 Å². The van der Waals surface area contributed by atoms with Gasteiger partial charge in [-0.25, -0.2) is 4.79 Å². The summed E-state index contributed by atoms with van der Waals surface area (Å²) >= 11 is 4.79. The van der Waals surface area contributed by atoms with Gasteiger partial charge in [0.15, 0.2) is 3.92 Å². The van der Waals surface area contributed by atoms with Crippen LogP contribution in [0.5, 0.6) is 0 Å². The van der Waals surface area contributed by atoms with Gasteiger partial charge in [-0.05, 0) is 43.1 Å². The molecule has 0 spiro atoms. The number of hydrogen-bond donors (Lipinski definition) is 1. The Labute approximate surface area is 124 Å². The Morgan fingerprint density at radius 1 is 1.53 bits per heavy atom. The molecule has 0 bridgehead atoms. The van der Waals surface area contributed by atoms with E-state index in [-0.39, 0.29) is 12.1 Å². The molecule has 1 fully saturated rings. The van der Waals surface area contributed by atoms with Crippen LogP contribution >= 0.6 is 27.3 Å². The minimum Gasteiger partial charge on any atom is -0.444 e. The van der Waals surface area contributed by atoms with Gasteiger partial charge < -0.3 is 15.0 Å². The van der Waals surface area contributed by atoms with Gasteiger partial charge in [-0.15, -0.1) is 10.2 Å². The molecule has 0 aromatic carbocycles. The number of ether oxygens (including phenoxy) is 1. The van der Waals surface area contributed by atoms with E-state index in [0.29, 0.717) is 0 Å². The lowest BCUT2D eigenvalue weighted by atomic mass is 10.2. The van der Waals surface area contributed by atoms with Crippen molar-refractivity contribution in [2.24, 2.45) is 0 Å². The first-order chi connectivity index (χ1) is 8.83. The lowest BCUT2D eigenvalue weighted by Crippen LogP contribution is -2.40. The minimum absolute atomic E-state index is 0.0949. The van der Waals surface area contributed by atoms with E-state index in [1.54, 1.807) is 0 Å². The van der Waals surface area contributed by atoms with Gasteiger partial charge in [-0.2, -0.15) is 0 Å². The van der Waals surface area contributed by atoms with Crippen LogP contribution in [0, 0.1) is 0 Å². The van der Waals surface area contributed by atoms with Crippen molar-refractivity contribution in [3.8, 4) is 0 Å². The highest BCUT2D eigenvalue weighted by Gasteiger charge is 2.27. The molecule has 0 radical (unpaired) electrons. The van der Waals surface area contributed by atoms with Crippen LogP contribution in [0.2, 0.25) is 0 Å². The molecule has 2 heterocycles.